The molecule has 0 aliphatic rings. The summed E-state index contributed by atoms with van der Waals surface area (Å²) in [4.78, 5) is 32.3. The number of thiophene rings is 1. The Balaban J connectivity index is 1.92. The van der Waals surface area contributed by atoms with Crippen molar-refractivity contribution in [1.29, 1.82) is 0 Å². The van der Waals surface area contributed by atoms with Gasteiger partial charge in [0.05, 0.1) is 34.5 Å². The molecule has 0 radical (unpaired) electrons. The summed E-state index contributed by atoms with van der Waals surface area (Å²) >= 11 is 14.8. The predicted molar refractivity (Wildman–Crippen MR) is 126 cm³/mol. The van der Waals surface area contributed by atoms with Crippen LogP contribution < -0.4 is 10.9 Å². The Morgan fingerprint density at radius 3 is 2.80 bits per heavy atom. The molecule has 1 aromatic carbocycles. The number of fused-ring (bicyclic) bond motifs is 1. The summed E-state index contributed by atoms with van der Waals surface area (Å²) in [6, 6.07) is 4.86. The molecule has 0 aliphatic carbocycles. The van der Waals surface area contributed by atoms with Crippen LogP contribution in [0.4, 0.5) is 5.69 Å². The molecule has 1 amide bonds. The van der Waals surface area contributed by atoms with Gasteiger partial charge in [0.25, 0.3) is 5.56 Å². The van der Waals surface area contributed by atoms with Crippen molar-refractivity contribution in [2.75, 3.05) is 19.0 Å². The number of anilines is 1. The van der Waals surface area contributed by atoms with Crippen molar-refractivity contribution < 1.29 is 9.53 Å². The zero-order chi connectivity index (χ0) is 22.0. The highest BCUT2D eigenvalue weighted by Crippen LogP contribution is 2.31. The van der Waals surface area contributed by atoms with E-state index in [1.165, 1.54) is 23.1 Å². The Kier molecular flexibility index (Phi) is 7.47. The molecule has 0 fully saturated rings. The molecule has 0 aliphatic heterocycles. The molecule has 0 unspecified atom stereocenters. The Labute approximate surface area is 192 Å². The molecule has 6 nitrogen and oxygen atoms in total. The van der Waals surface area contributed by atoms with E-state index in [1.807, 2.05) is 13.8 Å². The predicted octanol–water partition coefficient (Wildman–Crippen LogP) is 5.15. The number of aryl methyl sites for hydroxylation is 2. The minimum Gasteiger partial charge on any atom is -0.383 e. The van der Waals surface area contributed by atoms with Gasteiger partial charge < -0.3 is 10.1 Å². The van der Waals surface area contributed by atoms with E-state index >= 15 is 0 Å². The Morgan fingerprint density at radius 1 is 1.37 bits per heavy atom. The lowest BCUT2D eigenvalue weighted by Gasteiger charge is -2.16. The molecule has 0 saturated carbocycles. The van der Waals surface area contributed by atoms with Gasteiger partial charge in [-0.15, -0.1) is 11.3 Å². The molecule has 10 heteroatoms. The summed E-state index contributed by atoms with van der Waals surface area (Å²) in [5, 5.41) is 4.23. The number of aromatic nitrogens is 2. The number of carbonyl (C=O) groups excluding carboxylic acids is 1. The van der Waals surface area contributed by atoms with Crippen LogP contribution in [0.2, 0.25) is 10.0 Å². The van der Waals surface area contributed by atoms with Crippen molar-refractivity contribution in [2.45, 2.75) is 37.7 Å². The number of hydrogen-bond donors (Lipinski definition) is 1. The van der Waals surface area contributed by atoms with E-state index in [1.54, 1.807) is 36.8 Å². The Hall–Kier alpha value is -1.58. The van der Waals surface area contributed by atoms with Crippen molar-refractivity contribution in [3.63, 3.8) is 0 Å². The summed E-state index contributed by atoms with van der Waals surface area (Å²) in [7, 11) is 1.58. The fraction of sp³-hybridized carbons (Fsp3) is 0.350. The number of halogens is 2. The number of benzene rings is 1. The number of rotatable bonds is 7. The standard InChI is InChI=1S/C20H21Cl2N3O3S2/c1-10-11(2)29-18-16(10)19(27)25(7-8-28-4)20(24-18)30-12(3)17(26)23-15-9-13(21)5-6-14(15)22/h5-6,9,12H,7-8H2,1-4H3,(H,23,26)/t12-/m1/s1. The molecule has 3 rings (SSSR count). The van der Waals surface area contributed by atoms with E-state index in [9.17, 15) is 9.59 Å². The molecule has 2 aromatic heterocycles. The second-order valence-corrected chi connectivity index (χ2v) is 10.0. The highest BCUT2D eigenvalue weighted by molar-refractivity contribution is 8.00. The second kappa shape index (κ2) is 9.70. The lowest BCUT2D eigenvalue weighted by Crippen LogP contribution is -2.28. The van der Waals surface area contributed by atoms with E-state index in [4.69, 9.17) is 32.9 Å². The summed E-state index contributed by atoms with van der Waals surface area (Å²) in [6.45, 7) is 6.36. The fourth-order valence-corrected chi connectivity index (χ4v) is 5.16. The Bertz CT molecular complexity index is 1160. The minimum absolute atomic E-state index is 0.119. The van der Waals surface area contributed by atoms with E-state index in [0.29, 0.717) is 44.3 Å². The number of nitrogens with zero attached hydrogens (tertiary/aromatic N) is 2. The first kappa shape index (κ1) is 23.1. The van der Waals surface area contributed by atoms with Crippen molar-refractivity contribution in [3.05, 3.63) is 49.0 Å². The van der Waals surface area contributed by atoms with Gasteiger partial charge in [-0.1, -0.05) is 35.0 Å². The number of thioether (sulfide) groups is 1. The molecule has 30 heavy (non-hydrogen) atoms. The van der Waals surface area contributed by atoms with E-state index in [0.717, 1.165) is 10.4 Å². The molecule has 3 aromatic rings. The van der Waals surface area contributed by atoms with Crippen molar-refractivity contribution in [2.24, 2.45) is 0 Å². The van der Waals surface area contributed by atoms with Gasteiger partial charge in [0, 0.05) is 17.0 Å². The van der Waals surface area contributed by atoms with Gasteiger partial charge in [-0.25, -0.2) is 4.98 Å². The lowest BCUT2D eigenvalue weighted by molar-refractivity contribution is -0.115. The number of methoxy groups -OCH3 is 1. The quantitative estimate of drug-likeness (QED) is 0.370. The first-order valence-electron chi connectivity index (χ1n) is 9.15. The van der Waals surface area contributed by atoms with Gasteiger partial charge in [-0.2, -0.15) is 0 Å². The number of carbonyl (C=O) groups is 1. The molecule has 1 atom stereocenters. The Morgan fingerprint density at radius 2 is 2.10 bits per heavy atom. The van der Waals surface area contributed by atoms with Crippen LogP contribution in [0.1, 0.15) is 17.4 Å². The molecule has 2 heterocycles. The zero-order valence-corrected chi connectivity index (χ0v) is 20.1. The smallest absolute Gasteiger partial charge is 0.263 e. The van der Waals surface area contributed by atoms with Gasteiger partial charge in [-0.05, 0) is 44.5 Å². The molecule has 0 bridgehead atoms. The largest absolute Gasteiger partial charge is 0.383 e. The van der Waals surface area contributed by atoms with Crippen LogP contribution in [0.25, 0.3) is 10.2 Å². The van der Waals surface area contributed by atoms with Gasteiger partial charge in [0.15, 0.2) is 5.16 Å². The van der Waals surface area contributed by atoms with Crippen LogP contribution in [0.3, 0.4) is 0 Å². The van der Waals surface area contributed by atoms with Crippen molar-refractivity contribution >= 4 is 68.1 Å². The first-order chi connectivity index (χ1) is 14.2. The van der Waals surface area contributed by atoms with Crippen LogP contribution in [0.15, 0.2) is 28.2 Å². The van der Waals surface area contributed by atoms with Crippen LogP contribution >= 0.6 is 46.3 Å². The highest BCUT2D eigenvalue weighted by atomic mass is 35.5. The molecule has 0 spiro atoms. The summed E-state index contributed by atoms with van der Waals surface area (Å²) < 4.78 is 6.73. The summed E-state index contributed by atoms with van der Waals surface area (Å²) in [6.07, 6.45) is 0. The number of nitrogens with one attached hydrogen (secondary N) is 1. The average Bonchev–Trinajstić information content (AvgIpc) is 2.98. The van der Waals surface area contributed by atoms with Crippen LogP contribution in [-0.2, 0) is 16.1 Å². The molecular formula is C20H21Cl2N3O3S2. The zero-order valence-electron chi connectivity index (χ0n) is 16.9. The molecule has 160 valence electrons. The van der Waals surface area contributed by atoms with Crippen molar-refractivity contribution in [3.8, 4) is 0 Å². The molecule has 1 N–H and O–H groups in total. The van der Waals surface area contributed by atoms with Crippen molar-refractivity contribution in [1.82, 2.24) is 9.55 Å². The SMILES string of the molecule is COCCn1c(S[C@H](C)C(=O)Nc2cc(Cl)ccc2Cl)nc2sc(C)c(C)c2c1=O. The highest BCUT2D eigenvalue weighted by Gasteiger charge is 2.22. The maximum Gasteiger partial charge on any atom is 0.263 e. The third-order valence-corrected chi connectivity index (χ3v) is 7.37. The van der Waals surface area contributed by atoms with Gasteiger partial charge >= 0.3 is 0 Å². The first-order valence-corrected chi connectivity index (χ1v) is 11.6. The third kappa shape index (κ3) is 4.84. The topological polar surface area (TPSA) is 73.2 Å². The fourth-order valence-electron chi connectivity index (χ4n) is 2.82. The van der Waals surface area contributed by atoms with E-state index < -0.39 is 5.25 Å². The number of amides is 1. The summed E-state index contributed by atoms with van der Waals surface area (Å²) in [5.74, 6) is -0.268. The molecule has 0 saturated heterocycles. The van der Waals surface area contributed by atoms with E-state index in [2.05, 4.69) is 5.32 Å². The normalized spacial score (nSPS) is 12.3. The monoisotopic (exact) mass is 485 g/mol. The van der Waals surface area contributed by atoms with Crippen LogP contribution in [0.5, 0.6) is 0 Å². The van der Waals surface area contributed by atoms with Gasteiger partial charge in [0.2, 0.25) is 5.91 Å². The second-order valence-electron chi connectivity index (χ2n) is 6.68. The van der Waals surface area contributed by atoms with Crippen LogP contribution in [0, 0.1) is 13.8 Å². The average molecular weight is 486 g/mol. The maximum atomic E-state index is 13.1. The van der Waals surface area contributed by atoms with E-state index in [-0.39, 0.29) is 11.5 Å². The molecular weight excluding hydrogens is 465 g/mol. The summed E-state index contributed by atoms with van der Waals surface area (Å²) in [5.41, 5.74) is 1.26. The lowest BCUT2D eigenvalue weighted by atomic mass is 10.2. The minimum atomic E-state index is -0.527. The van der Waals surface area contributed by atoms with Gasteiger partial charge in [0.1, 0.15) is 4.83 Å². The van der Waals surface area contributed by atoms with Crippen LogP contribution in [-0.4, -0.2) is 34.4 Å². The van der Waals surface area contributed by atoms with Gasteiger partial charge in [-0.3, -0.25) is 14.2 Å². The number of hydrogen-bond acceptors (Lipinski definition) is 6. The number of ether oxygens (including phenoxy) is 1. The third-order valence-electron chi connectivity index (χ3n) is 4.61. The maximum absolute atomic E-state index is 13.1.